The molecule has 0 unspecified atom stereocenters. The highest BCUT2D eigenvalue weighted by Gasteiger charge is 2.14. The zero-order valence-electron chi connectivity index (χ0n) is 10.7. The van der Waals surface area contributed by atoms with Gasteiger partial charge in [-0.25, -0.2) is 9.59 Å². The maximum Gasteiger partial charge on any atom is 0.335 e. The second-order valence-electron chi connectivity index (χ2n) is 3.89. The molecule has 1 rings (SSSR count). The summed E-state index contributed by atoms with van der Waals surface area (Å²) < 4.78 is 0. The minimum atomic E-state index is -1.12. The number of aromatic carboxylic acids is 1. The second-order valence-corrected chi connectivity index (χ2v) is 4.30. The van der Waals surface area contributed by atoms with E-state index >= 15 is 0 Å². The number of anilines is 1. The maximum atomic E-state index is 12.0. The predicted octanol–water partition coefficient (Wildman–Crippen LogP) is 2.05. The molecule has 0 aromatic heterocycles. The zero-order valence-corrected chi connectivity index (χ0v) is 11.4. The van der Waals surface area contributed by atoms with E-state index in [9.17, 15) is 9.59 Å². The molecule has 20 heavy (non-hydrogen) atoms. The van der Waals surface area contributed by atoms with Crippen molar-refractivity contribution < 1.29 is 19.8 Å². The first-order valence-corrected chi connectivity index (χ1v) is 6.18. The molecule has 0 spiro atoms. The molecule has 0 heterocycles. The molecule has 0 aliphatic heterocycles. The smallest absolute Gasteiger partial charge is 0.335 e. The van der Waals surface area contributed by atoms with Crippen LogP contribution in [0.25, 0.3) is 0 Å². The van der Waals surface area contributed by atoms with Gasteiger partial charge in [-0.3, -0.25) is 0 Å². The van der Waals surface area contributed by atoms with E-state index in [0.29, 0.717) is 0 Å². The number of benzene rings is 1. The van der Waals surface area contributed by atoms with Crippen molar-refractivity contribution >= 4 is 29.3 Å². The van der Waals surface area contributed by atoms with Gasteiger partial charge in [0, 0.05) is 13.1 Å². The van der Waals surface area contributed by atoms with Crippen LogP contribution in [0.1, 0.15) is 10.4 Å². The number of carbonyl (C=O) groups is 2. The number of carboxylic acids is 1. The minimum Gasteiger partial charge on any atom is -0.478 e. The molecule has 1 aromatic rings. The molecule has 0 saturated heterocycles. The van der Waals surface area contributed by atoms with Crippen molar-refractivity contribution in [1.29, 1.82) is 0 Å². The summed E-state index contributed by atoms with van der Waals surface area (Å²) in [4.78, 5) is 24.2. The number of hydrogen-bond acceptors (Lipinski definition) is 3. The van der Waals surface area contributed by atoms with E-state index in [0.717, 1.165) is 0 Å². The number of amides is 2. The first-order chi connectivity index (χ1) is 9.49. The van der Waals surface area contributed by atoms with Crippen LogP contribution in [-0.2, 0) is 0 Å². The van der Waals surface area contributed by atoms with Crippen molar-refractivity contribution in [3.8, 4) is 0 Å². The van der Waals surface area contributed by atoms with Crippen molar-refractivity contribution in [1.82, 2.24) is 4.90 Å². The minimum absolute atomic E-state index is 0.0159. The van der Waals surface area contributed by atoms with Crippen molar-refractivity contribution in [2.24, 2.45) is 0 Å². The van der Waals surface area contributed by atoms with Gasteiger partial charge in [0.1, 0.15) is 0 Å². The Morgan fingerprint density at radius 2 is 2.15 bits per heavy atom. The molecule has 3 N–H and O–H groups in total. The van der Waals surface area contributed by atoms with E-state index in [4.69, 9.17) is 21.8 Å². The molecule has 0 saturated carbocycles. The molecule has 108 valence electrons. The summed E-state index contributed by atoms with van der Waals surface area (Å²) in [5.41, 5.74) is 0.214. The molecule has 2 amide bonds. The number of nitrogens with zero attached hydrogens (tertiary/aromatic N) is 1. The lowest BCUT2D eigenvalue weighted by Gasteiger charge is -2.21. The number of aliphatic hydroxyl groups excluding tert-OH is 1. The van der Waals surface area contributed by atoms with Crippen LogP contribution < -0.4 is 5.32 Å². The van der Waals surface area contributed by atoms with Crippen LogP contribution in [0, 0.1) is 0 Å². The number of hydrogen-bond donors (Lipinski definition) is 3. The number of aliphatic hydroxyl groups is 1. The van der Waals surface area contributed by atoms with Crippen molar-refractivity contribution in [2.75, 3.05) is 25.0 Å². The van der Waals surface area contributed by atoms with E-state index < -0.39 is 12.0 Å². The molecule has 1 aromatic carbocycles. The van der Waals surface area contributed by atoms with Crippen molar-refractivity contribution in [3.05, 3.63) is 41.4 Å². The Kier molecular flexibility index (Phi) is 6.02. The average molecular weight is 299 g/mol. The van der Waals surface area contributed by atoms with Gasteiger partial charge in [0.05, 0.1) is 22.9 Å². The van der Waals surface area contributed by atoms with Gasteiger partial charge in [0.25, 0.3) is 0 Å². The van der Waals surface area contributed by atoms with Crippen LogP contribution in [0.15, 0.2) is 30.9 Å². The maximum absolute atomic E-state index is 12.0. The Morgan fingerprint density at radius 1 is 1.45 bits per heavy atom. The van der Waals surface area contributed by atoms with E-state index in [1.807, 2.05) is 0 Å². The quantitative estimate of drug-likeness (QED) is 0.701. The van der Waals surface area contributed by atoms with Gasteiger partial charge in [0.2, 0.25) is 0 Å². The van der Waals surface area contributed by atoms with E-state index in [1.165, 1.54) is 29.2 Å². The molecule has 0 aliphatic rings. The monoisotopic (exact) mass is 298 g/mol. The van der Waals surface area contributed by atoms with Gasteiger partial charge in [0.15, 0.2) is 0 Å². The number of carboxylic acid groups (broad SMARTS) is 1. The van der Waals surface area contributed by atoms with Crippen molar-refractivity contribution in [2.45, 2.75) is 0 Å². The Morgan fingerprint density at radius 3 is 2.70 bits per heavy atom. The van der Waals surface area contributed by atoms with Gasteiger partial charge >= 0.3 is 12.0 Å². The van der Waals surface area contributed by atoms with E-state index in [2.05, 4.69) is 11.9 Å². The standard InChI is InChI=1S/C13H15ClN2O4/c1-2-5-16(6-7-17)13(20)15-11-8-9(12(18)19)3-4-10(11)14/h2-4,8,17H,1,5-7H2,(H,15,20)(H,18,19). The third-order valence-corrected chi connectivity index (χ3v) is 2.79. The molecule has 0 fully saturated rings. The van der Waals surface area contributed by atoms with Gasteiger partial charge in [-0.1, -0.05) is 17.7 Å². The summed E-state index contributed by atoms with van der Waals surface area (Å²) >= 11 is 5.91. The third kappa shape index (κ3) is 4.25. The number of halogens is 1. The Bertz CT molecular complexity index is 519. The zero-order chi connectivity index (χ0) is 15.1. The molecule has 7 heteroatoms. The predicted molar refractivity (Wildman–Crippen MR) is 76.3 cm³/mol. The summed E-state index contributed by atoms with van der Waals surface area (Å²) in [7, 11) is 0. The average Bonchev–Trinajstić information content (AvgIpc) is 2.40. The fourth-order valence-electron chi connectivity index (χ4n) is 1.50. The first-order valence-electron chi connectivity index (χ1n) is 5.80. The first kappa shape index (κ1) is 16.0. The Labute approximate surface area is 121 Å². The topological polar surface area (TPSA) is 89.9 Å². The highest BCUT2D eigenvalue weighted by molar-refractivity contribution is 6.33. The molecule has 0 radical (unpaired) electrons. The van der Waals surface area contributed by atoms with Gasteiger partial charge < -0.3 is 20.4 Å². The molecule has 0 bridgehead atoms. The van der Waals surface area contributed by atoms with Gasteiger partial charge in [-0.2, -0.15) is 0 Å². The SMILES string of the molecule is C=CCN(CCO)C(=O)Nc1cc(C(=O)O)ccc1Cl. The summed E-state index contributed by atoms with van der Waals surface area (Å²) in [5.74, 6) is -1.12. The highest BCUT2D eigenvalue weighted by Crippen LogP contribution is 2.23. The summed E-state index contributed by atoms with van der Waals surface area (Å²) in [6.07, 6.45) is 1.52. The molecule has 0 atom stereocenters. The van der Waals surface area contributed by atoms with Crippen LogP contribution in [0.4, 0.5) is 10.5 Å². The van der Waals surface area contributed by atoms with Gasteiger partial charge in [-0.15, -0.1) is 6.58 Å². The molecular weight excluding hydrogens is 284 g/mol. The molecular formula is C13H15ClN2O4. The summed E-state index contributed by atoms with van der Waals surface area (Å²) in [6.45, 7) is 3.72. The highest BCUT2D eigenvalue weighted by atomic mass is 35.5. The van der Waals surface area contributed by atoms with Crippen LogP contribution in [-0.4, -0.2) is 46.8 Å². The largest absolute Gasteiger partial charge is 0.478 e. The van der Waals surface area contributed by atoms with E-state index in [1.54, 1.807) is 0 Å². The lowest BCUT2D eigenvalue weighted by Crippen LogP contribution is -2.37. The fraction of sp³-hybridized carbons (Fsp3) is 0.231. The second kappa shape index (κ2) is 7.52. The number of nitrogens with one attached hydrogen (secondary N) is 1. The van der Waals surface area contributed by atoms with E-state index in [-0.39, 0.29) is 36.0 Å². The number of carbonyl (C=O) groups excluding carboxylic acids is 1. The van der Waals surface area contributed by atoms with Crippen LogP contribution in [0.2, 0.25) is 5.02 Å². The third-order valence-electron chi connectivity index (χ3n) is 2.46. The summed E-state index contributed by atoms with van der Waals surface area (Å²) in [5, 5.41) is 20.5. The Hall–Kier alpha value is -2.05. The lowest BCUT2D eigenvalue weighted by molar-refractivity contribution is 0.0697. The van der Waals surface area contributed by atoms with Crippen LogP contribution in [0.3, 0.4) is 0 Å². The Balaban J connectivity index is 2.90. The molecule has 0 aliphatic carbocycles. The molecule has 6 nitrogen and oxygen atoms in total. The van der Waals surface area contributed by atoms with Gasteiger partial charge in [-0.05, 0) is 18.2 Å². The summed E-state index contributed by atoms with van der Waals surface area (Å²) in [6, 6.07) is 3.51. The lowest BCUT2D eigenvalue weighted by atomic mass is 10.2. The van der Waals surface area contributed by atoms with Crippen LogP contribution in [0.5, 0.6) is 0 Å². The normalized spacial score (nSPS) is 9.90. The number of rotatable bonds is 6. The van der Waals surface area contributed by atoms with Crippen LogP contribution >= 0.6 is 11.6 Å². The van der Waals surface area contributed by atoms with Crippen molar-refractivity contribution in [3.63, 3.8) is 0 Å². The number of urea groups is 1. The fourth-order valence-corrected chi connectivity index (χ4v) is 1.67.